The van der Waals surface area contributed by atoms with Crippen molar-refractivity contribution >= 4 is 29.4 Å². The van der Waals surface area contributed by atoms with Crippen molar-refractivity contribution in [2.75, 3.05) is 18.1 Å². The summed E-state index contributed by atoms with van der Waals surface area (Å²) in [4.78, 5) is 22.3. The van der Waals surface area contributed by atoms with Crippen molar-refractivity contribution < 1.29 is 19.1 Å². The SMILES string of the molecule is CSC(C)(C)CNC(=O)Nc1ccc(C(=O)O)c(F)c1. The van der Waals surface area contributed by atoms with Gasteiger partial charge >= 0.3 is 12.0 Å². The molecule has 0 bridgehead atoms. The van der Waals surface area contributed by atoms with Crippen molar-refractivity contribution in [1.82, 2.24) is 5.32 Å². The third-order valence-corrected chi connectivity index (χ3v) is 3.93. The first-order valence-corrected chi connectivity index (χ1v) is 7.10. The van der Waals surface area contributed by atoms with E-state index in [-0.39, 0.29) is 10.4 Å². The molecule has 1 aromatic rings. The predicted octanol–water partition coefficient (Wildman–Crippen LogP) is 2.79. The Morgan fingerprint density at radius 1 is 1.40 bits per heavy atom. The minimum Gasteiger partial charge on any atom is -0.478 e. The van der Waals surface area contributed by atoms with Crippen LogP contribution in [0, 0.1) is 5.82 Å². The van der Waals surface area contributed by atoms with Crippen LogP contribution in [0.25, 0.3) is 0 Å². The van der Waals surface area contributed by atoms with E-state index >= 15 is 0 Å². The maximum atomic E-state index is 13.4. The average Bonchev–Trinajstić information content (AvgIpc) is 2.36. The first kappa shape index (κ1) is 16.3. The number of benzene rings is 1. The van der Waals surface area contributed by atoms with Gasteiger partial charge in [-0.1, -0.05) is 0 Å². The number of hydrogen-bond acceptors (Lipinski definition) is 3. The van der Waals surface area contributed by atoms with E-state index in [9.17, 15) is 14.0 Å². The van der Waals surface area contributed by atoms with Crippen molar-refractivity contribution in [3.05, 3.63) is 29.6 Å². The van der Waals surface area contributed by atoms with Gasteiger partial charge in [0.1, 0.15) is 5.82 Å². The van der Waals surface area contributed by atoms with E-state index in [0.29, 0.717) is 6.54 Å². The smallest absolute Gasteiger partial charge is 0.338 e. The zero-order valence-corrected chi connectivity index (χ0v) is 12.3. The summed E-state index contributed by atoms with van der Waals surface area (Å²) in [6, 6.07) is 2.96. The van der Waals surface area contributed by atoms with Crippen molar-refractivity contribution in [2.45, 2.75) is 18.6 Å². The van der Waals surface area contributed by atoms with Gasteiger partial charge in [-0.25, -0.2) is 14.0 Å². The second-order valence-electron chi connectivity index (χ2n) is 4.77. The Balaban J connectivity index is 2.63. The number of aromatic carboxylic acids is 1. The van der Waals surface area contributed by atoms with Crippen LogP contribution in [0.4, 0.5) is 14.9 Å². The predicted molar refractivity (Wildman–Crippen MR) is 78.0 cm³/mol. The van der Waals surface area contributed by atoms with Gasteiger partial charge in [-0.15, -0.1) is 0 Å². The lowest BCUT2D eigenvalue weighted by atomic mass is 10.2. The number of rotatable bonds is 5. The van der Waals surface area contributed by atoms with Crippen LogP contribution in [0.2, 0.25) is 0 Å². The van der Waals surface area contributed by atoms with Crippen LogP contribution in [0.15, 0.2) is 18.2 Å². The summed E-state index contributed by atoms with van der Waals surface area (Å²) in [5, 5.41) is 13.8. The average molecular weight is 300 g/mol. The molecule has 0 unspecified atom stereocenters. The Hall–Kier alpha value is -1.76. The van der Waals surface area contributed by atoms with Crippen molar-refractivity contribution in [3.8, 4) is 0 Å². The van der Waals surface area contributed by atoms with Crippen molar-refractivity contribution in [3.63, 3.8) is 0 Å². The Kier molecular flexibility index (Phi) is 5.38. The molecule has 1 aromatic carbocycles. The van der Waals surface area contributed by atoms with E-state index in [2.05, 4.69) is 10.6 Å². The third-order valence-electron chi connectivity index (χ3n) is 2.68. The molecule has 5 nitrogen and oxygen atoms in total. The Bertz CT molecular complexity index is 520. The molecule has 110 valence electrons. The number of thioether (sulfide) groups is 1. The van der Waals surface area contributed by atoms with Gasteiger partial charge in [-0.05, 0) is 38.3 Å². The maximum Gasteiger partial charge on any atom is 0.338 e. The summed E-state index contributed by atoms with van der Waals surface area (Å²) < 4.78 is 13.3. The van der Waals surface area contributed by atoms with E-state index in [4.69, 9.17) is 5.11 Å². The van der Waals surface area contributed by atoms with Gasteiger partial charge in [0.15, 0.2) is 0 Å². The third kappa shape index (κ3) is 4.73. The lowest BCUT2D eigenvalue weighted by Gasteiger charge is -2.22. The first-order chi connectivity index (χ1) is 9.25. The summed E-state index contributed by atoms with van der Waals surface area (Å²) in [7, 11) is 0. The summed E-state index contributed by atoms with van der Waals surface area (Å²) in [6.45, 7) is 4.42. The fourth-order valence-electron chi connectivity index (χ4n) is 1.31. The van der Waals surface area contributed by atoms with Gasteiger partial charge < -0.3 is 15.7 Å². The van der Waals surface area contributed by atoms with Crippen molar-refractivity contribution in [1.29, 1.82) is 0 Å². The summed E-state index contributed by atoms with van der Waals surface area (Å²) in [5.74, 6) is -2.24. The number of urea groups is 1. The number of anilines is 1. The highest BCUT2D eigenvalue weighted by Gasteiger charge is 2.17. The van der Waals surface area contributed by atoms with Crippen LogP contribution in [-0.4, -0.2) is 34.7 Å². The summed E-state index contributed by atoms with van der Waals surface area (Å²) >= 11 is 1.62. The lowest BCUT2D eigenvalue weighted by Crippen LogP contribution is -2.38. The molecule has 2 amide bonds. The Morgan fingerprint density at radius 3 is 2.55 bits per heavy atom. The number of carboxylic acid groups (broad SMARTS) is 1. The molecule has 0 atom stereocenters. The van der Waals surface area contributed by atoms with Crippen LogP contribution in [0.1, 0.15) is 24.2 Å². The minimum absolute atomic E-state index is 0.101. The van der Waals surface area contributed by atoms with Crippen LogP contribution in [0.5, 0.6) is 0 Å². The molecule has 0 aliphatic carbocycles. The zero-order valence-electron chi connectivity index (χ0n) is 11.5. The second-order valence-corrected chi connectivity index (χ2v) is 6.28. The van der Waals surface area contributed by atoms with Crippen molar-refractivity contribution in [2.24, 2.45) is 0 Å². The molecule has 0 saturated carbocycles. The van der Waals surface area contributed by atoms with Gasteiger partial charge in [0.2, 0.25) is 0 Å². The van der Waals surface area contributed by atoms with E-state index in [1.165, 1.54) is 6.07 Å². The zero-order chi connectivity index (χ0) is 15.3. The van der Waals surface area contributed by atoms with Gasteiger partial charge in [-0.3, -0.25) is 0 Å². The van der Waals surface area contributed by atoms with E-state index in [1.807, 2.05) is 20.1 Å². The molecule has 0 heterocycles. The van der Waals surface area contributed by atoms with Crippen LogP contribution in [-0.2, 0) is 0 Å². The molecule has 7 heteroatoms. The highest BCUT2D eigenvalue weighted by molar-refractivity contribution is 7.99. The van der Waals surface area contributed by atoms with Crippen LogP contribution >= 0.6 is 11.8 Å². The van der Waals surface area contributed by atoms with Crippen LogP contribution < -0.4 is 10.6 Å². The molecule has 20 heavy (non-hydrogen) atoms. The van der Waals surface area contributed by atoms with E-state index in [1.54, 1.807) is 11.8 Å². The largest absolute Gasteiger partial charge is 0.478 e. The van der Waals surface area contributed by atoms with Gasteiger partial charge in [0, 0.05) is 17.0 Å². The number of carbonyl (C=O) groups is 2. The van der Waals surface area contributed by atoms with Gasteiger partial charge in [0.05, 0.1) is 5.56 Å². The number of carboxylic acids is 1. The lowest BCUT2D eigenvalue weighted by molar-refractivity contribution is 0.0692. The second kappa shape index (κ2) is 6.60. The molecule has 0 aromatic heterocycles. The van der Waals surface area contributed by atoms with Gasteiger partial charge in [-0.2, -0.15) is 11.8 Å². The number of hydrogen-bond donors (Lipinski definition) is 3. The molecule has 1 rings (SSSR count). The molecule has 0 fully saturated rings. The normalized spacial score (nSPS) is 11.0. The standard InChI is InChI=1S/C13H17FN2O3S/c1-13(2,20-3)7-15-12(19)16-8-4-5-9(11(17)18)10(14)6-8/h4-6H,7H2,1-3H3,(H,17,18)(H2,15,16,19). The molecule has 0 aliphatic heterocycles. The molecule has 0 saturated heterocycles. The minimum atomic E-state index is -1.35. The number of nitrogens with one attached hydrogen (secondary N) is 2. The monoisotopic (exact) mass is 300 g/mol. The number of halogens is 1. The number of carbonyl (C=O) groups excluding carboxylic acids is 1. The quantitative estimate of drug-likeness (QED) is 0.781. The van der Waals surface area contributed by atoms with E-state index in [0.717, 1.165) is 12.1 Å². The summed E-state index contributed by atoms with van der Waals surface area (Å²) in [6.07, 6.45) is 1.94. The molecular formula is C13H17FN2O3S. The van der Waals surface area contributed by atoms with E-state index < -0.39 is 23.4 Å². The highest BCUT2D eigenvalue weighted by Crippen LogP contribution is 2.19. The summed E-state index contributed by atoms with van der Waals surface area (Å²) in [5.41, 5.74) is -0.230. The Morgan fingerprint density at radius 2 is 2.05 bits per heavy atom. The topological polar surface area (TPSA) is 78.4 Å². The molecule has 3 N–H and O–H groups in total. The molecule has 0 aliphatic rings. The number of amides is 2. The fourth-order valence-corrected chi connectivity index (χ4v) is 1.52. The molecular weight excluding hydrogens is 283 g/mol. The molecule has 0 radical (unpaired) electrons. The fraction of sp³-hybridized carbons (Fsp3) is 0.385. The van der Waals surface area contributed by atoms with Gasteiger partial charge in [0.25, 0.3) is 0 Å². The molecule has 0 spiro atoms. The highest BCUT2D eigenvalue weighted by atomic mass is 32.2. The Labute approximate surface area is 120 Å². The van der Waals surface area contributed by atoms with Crippen LogP contribution in [0.3, 0.4) is 0 Å². The maximum absolute atomic E-state index is 13.4. The first-order valence-electron chi connectivity index (χ1n) is 5.88.